The molecule has 5 heteroatoms. The van der Waals surface area contributed by atoms with Crippen molar-refractivity contribution in [3.8, 4) is 11.6 Å². The molecule has 3 rings (SSSR count). The fraction of sp³-hybridized carbons (Fsp3) is 0.400. The predicted octanol–water partition coefficient (Wildman–Crippen LogP) is 2.06. The maximum absolute atomic E-state index is 9.09. The molecular weight excluding hydrogens is 256 g/mol. The van der Waals surface area contributed by atoms with E-state index in [1.54, 1.807) is 4.68 Å². The third-order valence-corrected chi connectivity index (χ3v) is 3.32. The Kier molecular flexibility index (Phi) is 3.71. The van der Waals surface area contributed by atoms with Crippen molar-refractivity contribution in [2.24, 2.45) is 0 Å². The molecule has 1 fully saturated rings. The van der Waals surface area contributed by atoms with Gasteiger partial charge in [-0.25, -0.2) is 4.68 Å². The van der Waals surface area contributed by atoms with E-state index in [9.17, 15) is 0 Å². The molecule has 2 aromatic rings. The van der Waals surface area contributed by atoms with Gasteiger partial charge in [-0.15, -0.1) is 0 Å². The number of aliphatic hydroxyl groups is 1. The zero-order valence-corrected chi connectivity index (χ0v) is 11.4. The number of hydrogen-bond acceptors (Lipinski definition) is 4. The first-order valence-corrected chi connectivity index (χ1v) is 6.81. The quantitative estimate of drug-likeness (QED) is 0.927. The van der Waals surface area contributed by atoms with Crippen LogP contribution in [0, 0.1) is 6.92 Å². The number of aliphatic hydroxyl groups excluding tert-OH is 1. The SMILES string of the molecule is Cc1cc(OC2CCC(CO)O2)n(-c2ccccc2)n1. The third kappa shape index (κ3) is 2.69. The van der Waals surface area contributed by atoms with Crippen molar-refractivity contribution in [3.63, 3.8) is 0 Å². The molecule has 0 spiro atoms. The lowest BCUT2D eigenvalue weighted by atomic mass is 10.2. The second kappa shape index (κ2) is 5.64. The minimum atomic E-state index is -0.314. The summed E-state index contributed by atoms with van der Waals surface area (Å²) in [6.07, 6.45) is 1.17. The molecule has 1 aromatic heterocycles. The van der Waals surface area contributed by atoms with Crippen molar-refractivity contribution >= 4 is 0 Å². The first-order chi connectivity index (χ1) is 9.76. The highest BCUT2D eigenvalue weighted by molar-refractivity contribution is 5.35. The van der Waals surface area contributed by atoms with Crippen molar-refractivity contribution in [2.45, 2.75) is 32.2 Å². The third-order valence-electron chi connectivity index (χ3n) is 3.32. The maximum Gasteiger partial charge on any atom is 0.219 e. The lowest BCUT2D eigenvalue weighted by molar-refractivity contribution is -0.0878. The Morgan fingerprint density at radius 1 is 1.35 bits per heavy atom. The van der Waals surface area contributed by atoms with E-state index >= 15 is 0 Å². The maximum atomic E-state index is 9.09. The van der Waals surface area contributed by atoms with Crippen LogP contribution in [0.15, 0.2) is 36.4 Å². The van der Waals surface area contributed by atoms with Gasteiger partial charge in [0.2, 0.25) is 12.2 Å². The number of aryl methyl sites for hydroxylation is 1. The lowest BCUT2D eigenvalue weighted by Gasteiger charge is -2.15. The zero-order valence-electron chi connectivity index (χ0n) is 11.4. The molecule has 106 valence electrons. The van der Waals surface area contributed by atoms with Gasteiger partial charge in [0.25, 0.3) is 0 Å². The molecule has 1 aliphatic rings. The van der Waals surface area contributed by atoms with Crippen molar-refractivity contribution in [1.29, 1.82) is 0 Å². The first kappa shape index (κ1) is 13.1. The van der Waals surface area contributed by atoms with Crippen LogP contribution in [0.2, 0.25) is 0 Å². The van der Waals surface area contributed by atoms with Crippen molar-refractivity contribution < 1.29 is 14.6 Å². The highest BCUT2D eigenvalue weighted by Crippen LogP contribution is 2.25. The summed E-state index contributed by atoms with van der Waals surface area (Å²) < 4.78 is 13.3. The molecule has 1 aromatic carbocycles. The molecule has 2 atom stereocenters. The van der Waals surface area contributed by atoms with Gasteiger partial charge in [0, 0.05) is 12.5 Å². The van der Waals surface area contributed by atoms with Crippen LogP contribution in [0.5, 0.6) is 5.88 Å². The standard InChI is InChI=1S/C15H18N2O3/c1-11-9-14(20-15-8-7-13(10-18)19-15)17(16-11)12-5-3-2-4-6-12/h2-6,9,13,15,18H,7-8,10H2,1H3. The minimum absolute atomic E-state index is 0.0385. The summed E-state index contributed by atoms with van der Waals surface area (Å²) in [5.41, 5.74) is 1.84. The second-order valence-corrected chi connectivity index (χ2v) is 4.94. The molecule has 2 unspecified atom stereocenters. The van der Waals surface area contributed by atoms with Crippen LogP contribution in [0.25, 0.3) is 5.69 Å². The smallest absolute Gasteiger partial charge is 0.219 e. The number of para-hydroxylation sites is 1. The van der Waals surface area contributed by atoms with Crippen molar-refractivity contribution in [3.05, 3.63) is 42.1 Å². The van der Waals surface area contributed by atoms with Gasteiger partial charge in [-0.2, -0.15) is 5.10 Å². The highest BCUT2D eigenvalue weighted by Gasteiger charge is 2.27. The predicted molar refractivity (Wildman–Crippen MR) is 73.9 cm³/mol. The molecule has 5 nitrogen and oxygen atoms in total. The summed E-state index contributed by atoms with van der Waals surface area (Å²) >= 11 is 0. The van der Waals surface area contributed by atoms with Crippen molar-refractivity contribution in [1.82, 2.24) is 9.78 Å². The highest BCUT2D eigenvalue weighted by atomic mass is 16.7. The van der Waals surface area contributed by atoms with Gasteiger partial charge in [-0.1, -0.05) is 18.2 Å². The largest absolute Gasteiger partial charge is 0.448 e. The van der Waals surface area contributed by atoms with Gasteiger partial charge in [0.15, 0.2) is 0 Å². The Bertz CT molecular complexity index is 568. The molecule has 0 radical (unpaired) electrons. The van der Waals surface area contributed by atoms with Gasteiger partial charge in [0.05, 0.1) is 24.1 Å². The number of hydrogen-bond donors (Lipinski definition) is 1. The van der Waals surface area contributed by atoms with Gasteiger partial charge in [-0.05, 0) is 25.5 Å². The molecule has 0 bridgehead atoms. The van der Waals surface area contributed by atoms with Crippen LogP contribution < -0.4 is 4.74 Å². The number of benzene rings is 1. The molecule has 0 amide bonds. The van der Waals surface area contributed by atoms with E-state index in [4.69, 9.17) is 14.6 Å². The summed E-state index contributed by atoms with van der Waals surface area (Å²) in [5, 5.41) is 13.5. The number of nitrogens with zero attached hydrogens (tertiary/aromatic N) is 2. The second-order valence-electron chi connectivity index (χ2n) is 4.94. The van der Waals surface area contributed by atoms with Gasteiger partial charge in [-0.3, -0.25) is 0 Å². The van der Waals surface area contributed by atoms with Crippen LogP contribution in [0.4, 0.5) is 0 Å². The van der Waals surface area contributed by atoms with Crippen LogP contribution in [-0.2, 0) is 4.74 Å². The number of aromatic nitrogens is 2. The summed E-state index contributed by atoms with van der Waals surface area (Å²) in [6.45, 7) is 1.97. The van der Waals surface area contributed by atoms with Crippen LogP contribution in [-0.4, -0.2) is 33.9 Å². The monoisotopic (exact) mass is 274 g/mol. The fourth-order valence-electron chi connectivity index (χ4n) is 2.34. The topological polar surface area (TPSA) is 56.5 Å². The van der Waals surface area contributed by atoms with Crippen LogP contribution in [0.3, 0.4) is 0 Å². The van der Waals surface area contributed by atoms with E-state index in [0.29, 0.717) is 5.88 Å². The van der Waals surface area contributed by atoms with Gasteiger partial charge in [0.1, 0.15) is 0 Å². The van der Waals surface area contributed by atoms with E-state index < -0.39 is 0 Å². The van der Waals surface area contributed by atoms with E-state index in [2.05, 4.69) is 5.10 Å². The Labute approximate surface area is 117 Å². The number of ether oxygens (including phenoxy) is 2. The first-order valence-electron chi connectivity index (χ1n) is 6.81. The van der Waals surface area contributed by atoms with Crippen LogP contribution >= 0.6 is 0 Å². The fourth-order valence-corrected chi connectivity index (χ4v) is 2.34. The van der Waals surface area contributed by atoms with E-state index in [0.717, 1.165) is 24.2 Å². The van der Waals surface area contributed by atoms with Gasteiger partial charge >= 0.3 is 0 Å². The van der Waals surface area contributed by atoms with Gasteiger partial charge < -0.3 is 14.6 Å². The Morgan fingerprint density at radius 3 is 2.85 bits per heavy atom. The molecule has 0 saturated carbocycles. The Balaban J connectivity index is 1.80. The Morgan fingerprint density at radius 2 is 2.15 bits per heavy atom. The summed E-state index contributed by atoms with van der Waals surface area (Å²) in [5.74, 6) is 0.664. The average molecular weight is 274 g/mol. The molecule has 1 N–H and O–H groups in total. The molecule has 2 heterocycles. The summed E-state index contributed by atoms with van der Waals surface area (Å²) in [7, 11) is 0. The minimum Gasteiger partial charge on any atom is -0.448 e. The van der Waals surface area contributed by atoms with E-state index in [1.807, 2.05) is 43.3 Å². The normalized spacial score (nSPS) is 22.1. The number of rotatable bonds is 4. The molecular formula is C15H18N2O3. The van der Waals surface area contributed by atoms with E-state index in [1.165, 1.54) is 0 Å². The lowest BCUT2D eigenvalue weighted by Crippen LogP contribution is -2.20. The zero-order chi connectivity index (χ0) is 13.9. The molecule has 0 aliphatic carbocycles. The van der Waals surface area contributed by atoms with Crippen LogP contribution in [0.1, 0.15) is 18.5 Å². The molecule has 1 aliphatic heterocycles. The average Bonchev–Trinajstić information content (AvgIpc) is 3.07. The Hall–Kier alpha value is -1.85. The van der Waals surface area contributed by atoms with E-state index in [-0.39, 0.29) is 19.0 Å². The van der Waals surface area contributed by atoms with Crippen molar-refractivity contribution in [2.75, 3.05) is 6.61 Å². The molecule has 20 heavy (non-hydrogen) atoms. The molecule has 1 saturated heterocycles. The summed E-state index contributed by atoms with van der Waals surface area (Å²) in [6, 6.07) is 11.7. The summed E-state index contributed by atoms with van der Waals surface area (Å²) in [4.78, 5) is 0.